The molecule has 1 heterocycles. The van der Waals surface area contributed by atoms with Gasteiger partial charge in [0.05, 0.1) is 7.11 Å². The molecule has 1 amide bonds. The summed E-state index contributed by atoms with van der Waals surface area (Å²) in [6, 6.07) is 11.1. The number of nitrogens with one attached hydrogen (secondary N) is 1. The molecule has 0 saturated heterocycles. The molecule has 0 aliphatic heterocycles. The molecule has 0 fully saturated rings. The fourth-order valence-corrected chi connectivity index (χ4v) is 2.13. The Kier molecular flexibility index (Phi) is 4.77. The summed E-state index contributed by atoms with van der Waals surface area (Å²) < 4.78 is 6.71. The number of hydrogen-bond donors (Lipinski definition) is 1. The lowest BCUT2D eigenvalue weighted by Crippen LogP contribution is -2.41. The van der Waals surface area contributed by atoms with Crippen LogP contribution in [-0.2, 0) is 20.7 Å². The smallest absolute Gasteiger partial charge is 0.328 e. The van der Waals surface area contributed by atoms with E-state index in [2.05, 4.69) is 5.32 Å². The average Bonchev–Trinajstić information content (AvgIpc) is 3.00. The third-order valence-corrected chi connectivity index (χ3v) is 3.14. The van der Waals surface area contributed by atoms with E-state index in [9.17, 15) is 9.59 Å². The van der Waals surface area contributed by atoms with E-state index in [1.165, 1.54) is 14.0 Å². The third kappa shape index (κ3) is 3.95. The van der Waals surface area contributed by atoms with Crippen molar-refractivity contribution in [2.45, 2.75) is 19.4 Å². The van der Waals surface area contributed by atoms with Gasteiger partial charge in [-0.1, -0.05) is 12.1 Å². The molecular formula is C16H18N2O3. The number of nitrogens with zero attached hydrogens (tertiary/aromatic N) is 1. The number of methoxy groups -OCH3 is 1. The van der Waals surface area contributed by atoms with Crippen LogP contribution in [0.2, 0.25) is 0 Å². The van der Waals surface area contributed by atoms with Crippen molar-refractivity contribution >= 4 is 11.9 Å². The molecule has 1 aromatic carbocycles. The van der Waals surface area contributed by atoms with Crippen LogP contribution in [0, 0.1) is 0 Å². The highest BCUT2D eigenvalue weighted by molar-refractivity contribution is 5.83. The van der Waals surface area contributed by atoms with Gasteiger partial charge in [0.2, 0.25) is 5.91 Å². The molecule has 0 aliphatic rings. The Morgan fingerprint density at radius 2 is 1.81 bits per heavy atom. The van der Waals surface area contributed by atoms with Crippen LogP contribution in [0.25, 0.3) is 5.69 Å². The Labute approximate surface area is 123 Å². The molecule has 0 bridgehead atoms. The Morgan fingerprint density at radius 3 is 2.33 bits per heavy atom. The van der Waals surface area contributed by atoms with Gasteiger partial charge in [-0.3, -0.25) is 4.79 Å². The van der Waals surface area contributed by atoms with Gasteiger partial charge >= 0.3 is 5.97 Å². The molecule has 2 rings (SSSR count). The standard InChI is InChI=1S/C16H18N2O3/c1-12(19)17-15(16(20)21-2)11-13-5-7-14(8-6-13)18-9-3-4-10-18/h3-10,15H,11H2,1-2H3,(H,17,19)/t15-/m1/s1. The van der Waals surface area contributed by atoms with Crippen molar-refractivity contribution < 1.29 is 14.3 Å². The summed E-state index contributed by atoms with van der Waals surface area (Å²) in [5, 5.41) is 2.60. The van der Waals surface area contributed by atoms with E-state index in [0.717, 1.165) is 11.3 Å². The fraction of sp³-hybridized carbons (Fsp3) is 0.250. The number of carbonyl (C=O) groups is 2. The average molecular weight is 286 g/mol. The van der Waals surface area contributed by atoms with Gasteiger partial charge in [-0.25, -0.2) is 4.79 Å². The Hall–Kier alpha value is -2.56. The first-order valence-electron chi connectivity index (χ1n) is 6.67. The molecule has 1 N–H and O–H groups in total. The highest BCUT2D eigenvalue weighted by atomic mass is 16.5. The first-order valence-corrected chi connectivity index (χ1v) is 6.67. The summed E-state index contributed by atoms with van der Waals surface area (Å²) in [6.07, 6.45) is 4.32. The minimum Gasteiger partial charge on any atom is -0.467 e. The third-order valence-electron chi connectivity index (χ3n) is 3.14. The topological polar surface area (TPSA) is 60.3 Å². The lowest BCUT2D eigenvalue weighted by molar-refractivity contribution is -0.144. The Morgan fingerprint density at radius 1 is 1.19 bits per heavy atom. The summed E-state index contributed by atoms with van der Waals surface area (Å²) >= 11 is 0. The summed E-state index contributed by atoms with van der Waals surface area (Å²) in [5.74, 6) is -0.700. The molecule has 0 unspecified atom stereocenters. The van der Waals surface area contributed by atoms with Crippen LogP contribution in [0.3, 0.4) is 0 Å². The molecule has 1 aromatic heterocycles. The zero-order chi connectivity index (χ0) is 15.2. The maximum atomic E-state index is 11.7. The lowest BCUT2D eigenvalue weighted by Gasteiger charge is -2.15. The second-order valence-corrected chi connectivity index (χ2v) is 4.74. The highest BCUT2D eigenvalue weighted by Crippen LogP contribution is 2.12. The predicted octanol–water partition coefficient (Wildman–Crippen LogP) is 1.70. The quantitative estimate of drug-likeness (QED) is 0.851. The maximum absolute atomic E-state index is 11.7. The van der Waals surface area contributed by atoms with Crippen LogP contribution in [0.4, 0.5) is 0 Å². The minimum atomic E-state index is -0.662. The molecule has 5 nitrogen and oxygen atoms in total. The van der Waals surface area contributed by atoms with Crippen LogP contribution in [0.5, 0.6) is 0 Å². The number of ether oxygens (including phenoxy) is 1. The Balaban J connectivity index is 2.10. The normalized spacial score (nSPS) is 11.7. The lowest BCUT2D eigenvalue weighted by atomic mass is 10.1. The number of aromatic nitrogens is 1. The molecule has 0 radical (unpaired) electrons. The van der Waals surface area contributed by atoms with E-state index in [1.54, 1.807) is 0 Å². The van der Waals surface area contributed by atoms with Crippen molar-refractivity contribution in [3.05, 3.63) is 54.4 Å². The molecular weight excluding hydrogens is 268 g/mol. The molecule has 21 heavy (non-hydrogen) atoms. The first-order chi connectivity index (χ1) is 10.1. The number of rotatable bonds is 5. The van der Waals surface area contributed by atoms with E-state index in [-0.39, 0.29) is 5.91 Å². The van der Waals surface area contributed by atoms with Crippen molar-refractivity contribution in [1.29, 1.82) is 0 Å². The van der Waals surface area contributed by atoms with E-state index in [1.807, 2.05) is 53.4 Å². The van der Waals surface area contributed by atoms with Gasteiger partial charge in [-0.15, -0.1) is 0 Å². The second kappa shape index (κ2) is 6.74. The van der Waals surface area contributed by atoms with Gasteiger partial charge in [-0.2, -0.15) is 0 Å². The van der Waals surface area contributed by atoms with Gasteiger partial charge in [0.15, 0.2) is 0 Å². The van der Waals surface area contributed by atoms with Gasteiger partial charge in [0.1, 0.15) is 6.04 Å². The summed E-state index contributed by atoms with van der Waals surface area (Å²) in [5.41, 5.74) is 1.99. The number of carbonyl (C=O) groups excluding carboxylic acids is 2. The maximum Gasteiger partial charge on any atom is 0.328 e. The first kappa shape index (κ1) is 14.8. The van der Waals surface area contributed by atoms with Crippen molar-refractivity contribution in [1.82, 2.24) is 9.88 Å². The van der Waals surface area contributed by atoms with Crippen LogP contribution in [0.1, 0.15) is 12.5 Å². The second-order valence-electron chi connectivity index (χ2n) is 4.74. The number of amides is 1. The Bertz CT molecular complexity index is 603. The molecule has 110 valence electrons. The summed E-state index contributed by atoms with van der Waals surface area (Å²) in [7, 11) is 1.31. The van der Waals surface area contributed by atoms with E-state index < -0.39 is 12.0 Å². The van der Waals surface area contributed by atoms with Gasteiger partial charge in [0, 0.05) is 31.4 Å². The predicted molar refractivity (Wildman–Crippen MR) is 79.1 cm³/mol. The summed E-state index contributed by atoms with van der Waals surface area (Å²) in [6.45, 7) is 1.38. The van der Waals surface area contributed by atoms with E-state index >= 15 is 0 Å². The zero-order valence-electron chi connectivity index (χ0n) is 12.1. The fourth-order valence-electron chi connectivity index (χ4n) is 2.13. The summed E-state index contributed by atoms with van der Waals surface area (Å²) in [4.78, 5) is 22.8. The molecule has 2 aromatic rings. The molecule has 0 spiro atoms. The molecule has 0 saturated carbocycles. The molecule has 0 aliphatic carbocycles. The van der Waals surface area contributed by atoms with E-state index in [0.29, 0.717) is 6.42 Å². The number of esters is 1. The zero-order valence-corrected chi connectivity index (χ0v) is 12.1. The van der Waals surface area contributed by atoms with Crippen molar-refractivity contribution in [3.8, 4) is 5.69 Å². The number of hydrogen-bond acceptors (Lipinski definition) is 3. The molecule has 1 atom stereocenters. The van der Waals surface area contributed by atoms with Crippen LogP contribution < -0.4 is 5.32 Å². The van der Waals surface area contributed by atoms with Crippen LogP contribution in [0.15, 0.2) is 48.8 Å². The van der Waals surface area contributed by atoms with Crippen LogP contribution >= 0.6 is 0 Å². The van der Waals surface area contributed by atoms with Gasteiger partial charge < -0.3 is 14.6 Å². The number of benzene rings is 1. The van der Waals surface area contributed by atoms with Crippen molar-refractivity contribution in [2.75, 3.05) is 7.11 Å². The highest BCUT2D eigenvalue weighted by Gasteiger charge is 2.20. The van der Waals surface area contributed by atoms with Gasteiger partial charge in [-0.05, 0) is 29.8 Å². The largest absolute Gasteiger partial charge is 0.467 e. The van der Waals surface area contributed by atoms with Gasteiger partial charge in [0.25, 0.3) is 0 Å². The van der Waals surface area contributed by atoms with Crippen molar-refractivity contribution in [3.63, 3.8) is 0 Å². The minimum absolute atomic E-state index is 0.255. The van der Waals surface area contributed by atoms with Crippen molar-refractivity contribution in [2.24, 2.45) is 0 Å². The van der Waals surface area contributed by atoms with E-state index in [4.69, 9.17) is 4.74 Å². The monoisotopic (exact) mass is 286 g/mol. The van der Waals surface area contributed by atoms with Crippen LogP contribution in [-0.4, -0.2) is 29.6 Å². The molecule has 5 heteroatoms. The SMILES string of the molecule is COC(=O)[C@@H](Cc1ccc(-n2cccc2)cc1)NC(C)=O.